The first-order chi connectivity index (χ1) is 12.1. The molecule has 0 radical (unpaired) electrons. The summed E-state index contributed by atoms with van der Waals surface area (Å²) in [5.74, 6) is -1.91. The smallest absolute Gasteiger partial charge is 0.314 e. The molecule has 0 spiro atoms. The maximum absolute atomic E-state index is 11.5. The highest BCUT2D eigenvalue weighted by Gasteiger charge is 2.46. The molecule has 1 aliphatic heterocycles. The van der Waals surface area contributed by atoms with Crippen LogP contribution in [0.25, 0.3) is 0 Å². The molecule has 1 saturated heterocycles. The van der Waals surface area contributed by atoms with Crippen LogP contribution in [0.15, 0.2) is 0 Å². The lowest BCUT2D eigenvalue weighted by Crippen LogP contribution is -3.04. The lowest BCUT2D eigenvalue weighted by molar-refractivity contribution is -1.05. The minimum absolute atomic E-state index is 0.420. The van der Waals surface area contributed by atoms with Crippen molar-refractivity contribution in [1.82, 2.24) is 0 Å². The number of quaternary nitrogens is 2. The first-order valence-electron chi connectivity index (χ1n) is 7.60. The molecule has 14 nitrogen and oxygen atoms in total. The summed E-state index contributed by atoms with van der Waals surface area (Å²) in [5, 5.41) is 64.7. The summed E-state index contributed by atoms with van der Waals surface area (Å²) in [6, 6.07) is 0. The molecule has 1 aliphatic rings. The number of ether oxygens (including phenoxy) is 3. The number of hydrogen-bond donors (Lipinski definition) is 7. The van der Waals surface area contributed by atoms with E-state index in [0.717, 1.165) is 0 Å². The molecule has 1 heterocycles. The van der Waals surface area contributed by atoms with Crippen molar-refractivity contribution in [2.75, 3.05) is 19.7 Å². The molecule has 0 aromatic rings. The molecular formula is C12H22N2O12. The summed E-state index contributed by atoms with van der Waals surface area (Å²) in [7, 11) is 0. The standard InChI is InChI=1S/C12H22N2O12/c15-7(1-3-13(20)21)24-5-6-9(17)10(18)11(19)12(25-6)26-8(16)2-4-14(22)23/h6,9-14,17-20,22H,1-5H2. The summed E-state index contributed by atoms with van der Waals surface area (Å²) >= 11 is 0. The molecule has 0 aromatic carbocycles. The Hall–Kier alpha value is -1.46. The van der Waals surface area contributed by atoms with Gasteiger partial charge >= 0.3 is 11.9 Å². The zero-order chi connectivity index (χ0) is 19.9. The Morgan fingerprint density at radius 2 is 1.46 bits per heavy atom. The van der Waals surface area contributed by atoms with E-state index in [1.165, 1.54) is 0 Å². The highest BCUT2D eigenvalue weighted by molar-refractivity contribution is 5.69. The van der Waals surface area contributed by atoms with Gasteiger partial charge in [-0.25, -0.2) is 20.9 Å². The topological polar surface area (TPSA) is 218 Å². The Bertz CT molecular complexity index is 459. The molecule has 14 heteroatoms. The summed E-state index contributed by atoms with van der Waals surface area (Å²) in [5.41, 5.74) is 0. The number of aliphatic hydroxyl groups excluding tert-OH is 3. The van der Waals surface area contributed by atoms with Gasteiger partial charge < -0.3 is 39.9 Å². The molecule has 1 fully saturated rings. The maximum Gasteiger partial charge on any atom is 0.314 e. The molecule has 1 rings (SSSR count). The quantitative estimate of drug-likeness (QED) is 0.146. The molecule has 0 saturated carbocycles. The first kappa shape index (κ1) is 22.6. The second kappa shape index (κ2) is 10.6. The van der Waals surface area contributed by atoms with E-state index in [1.54, 1.807) is 0 Å². The lowest BCUT2D eigenvalue weighted by atomic mass is 9.99. The predicted octanol–water partition coefficient (Wildman–Crippen LogP) is -5.80. The fourth-order valence-electron chi connectivity index (χ4n) is 2.01. The van der Waals surface area contributed by atoms with Crippen LogP contribution in [0, 0.1) is 10.4 Å². The van der Waals surface area contributed by atoms with Crippen molar-refractivity contribution in [2.45, 2.75) is 43.5 Å². The van der Waals surface area contributed by atoms with E-state index in [4.69, 9.17) is 24.6 Å². The largest absolute Gasteiger partial charge is 0.600 e. The zero-order valence-electron chi connectivity index (χ0n) is 13.5. The molecule has 0 aromatic heterocycles. The molecule has 7 unspecified atom stereocenters. The van der Waals surface area contributed by atoms with E-state index in [-0.39, 0.29) is 0 Å². The van der Waals surface area contributed by atoms with E-state index in [9.17, 15) is 35.3 Å². The molecule has 0 aliphatic carbocycles. The molecular weight excluding hydrogens is 364 g/mol. The van der Waals surface area contributed by atoms with Gasteiger partial charge in [0.05, 0.1) is 12.8 Å². The fourth-order valence-corrected chi connectivity index (χ4v) is 2.01. The van der Waals surface area contributed by atoms with E-state index < -0.39 is 85.6 Å². The summed E-state index contributed by atoms with van der Waals surface area (Å²) in [6.45, 7) is -1.57. The molecule has 26 heavy (non-hydrogen) atoms. The molecule has 0 bridgehead atoms. The van der Waals surface area contributed by atoms with Crippen LogP contribution in [-0.4, -0.2) is 88.1 Å². The van der Waals surface area contributed by atoms with Gasteiger partial charge in [0.25, 0.3) is 0 Å². The van der Waals surface area contributed by atoms with Crippen LogP contribution in [-0.2, 0) is 23.8 Å². The lowest BCUT2D eigenvalue weighted by Gasteiger charge is -2.39. The van der Waals surface area contributed by atoms with Gasteiger partial charge in [0.15, 0.2) is 0 Å². The number of hydrogen-bond acceptors (Lipinski definition) is 12. The van der Waals surface area contributed by atoms with Crippen molar-refractivity contribution in [2.24, 2.45) is 0 Å². The summed E-state index contributed by atoms with van der Waals surface area (Å²) < 4.78 is 14.5. The third kappa shape index (κ3) is 7.42. The predicted molar refractivity (Wildman–Crippen MR) is 74.9 cm³/mol. The minimum atomic E-state index is -1.81. The Kier molecular flexibility index (Phi) is 9.23. The Balaban J connectivity index is 2.55. The Labute approximate surface area is 146 Å². The van der Waals surface area contributed by atoms with Crippen molar-refractivity contribution in [3.05, 3.63) is 10.4 Å². The number of aliphatic hydroxyl groups is 3. The number of rotatable bonds is 9. The van der Waals surface area contributed by atoms with Gasteiger partial charge in [0.1, 0.15) is 44.1 Å². The van der Waals surface area contributed by atoms with Crippen LogP contribution < -0.4 is 10.5 Å². The zero-order valence-corrected chi connectivity index (χ0v) is 13.5. The van der Waals surface area contributed by atoms with Crippen molar-refractivity contribution >= 4 is 11.9 Å². The third-order valence-electron chi connectivity index (χ3n) is 3.41. The van der Waals surface area contributed by atoms with Gasteiger partial charge in [-0.05, 0) is 0 Å². The van der Waals surface area contributed by atoms with Crippen molar-refractivity contribution in [3.63, 3.8) is 0 Å². The SMILES string of the molecule is O=C(CC[NH+]([O-])O)OCC1OC(OC(=O)CC[NH+]([O-])O)C(O)C(O)C1O. The fraction of sp³-hybridized carbons (Fsp3) is 0.833. The van der Waals surface area contributed by atoms with E-state index >= 15 is 0 Å². The molecule has 0 amide bonds. The van der Waals surface area contributed by atoms with Crippen LogP contribution in [0.1, 0.15) is 12.8 Å². The van der Waals surface area contributed by atoms with Crippen molar-refractivity contribution in [3.8, 4) is 0 Å². The third-order valence-corrected chi connectivity index (χ3v) is 3.41. The number of esters is 2. The van der Waals surface area contributed by atoms with E-state index in [0.29, 0.717) is 0 Å². The Morgan fingerprint density at radius 1 is 0.923 bits per heavy atom. The minimum Gasteiger partial charge on any atom is -0.600 e. The first-order valence-corrected chi connectivity index (χ1v) is 7.60. The second-order valence-electron chi connectivity index (χ2n) is 5.48. The van der Waals surface area contributed by atoms with Gasteiger partial charge in [0.2, 0.25) is 6.29 Å². The number of carbonyl (C=O) groups excluding carboxylic acids is 2. The number of carbonyl (C=O) groups is 2. The number of nitrogens with one attached hydrogen (secondary N) is 2. The summed E-state index contributed by atoms with van der Waals surface area (Å²) in [6.07, 6.45) is -9.27. The molecule has 7 atom stereocenters. The average Bonchev–Trinajstić information content (AvgIpc) is 2.57. The van der Waals surface area contributed by atoms with Gasteiger partial charge in [-0.1, -0.05) is 0 Å². The van der Waals surface area contributed by atoms with E-state index in [1.807, 2.05) is 0 Å². The van der Waals surface area contributed by atoms with Crippen LogP contribution in [0.5, 0.6) is 0 Å². The average molecular weight is 386 g/mol. The van der Waals surface area contributed by atoms with Crippen LogP contribution in [0.3, 0.4) is 0 Å². The van der Waals surface area contributed by atoms with Crippen LogP contribution in [0.4, 0.5) is 0 Å². The van der Waals surface area contributed by atoms with Gasteiger partial charge in [0, 0.05) is 0 Å². The molecule has 7 N–H and O–H groups in total. The maximum atomic E-state index is 11.5. The van der Waals surface area contributed by atoms with Crippen LogP contribution >= 0.6 is 0 Å². The van der Waals surface area contributed by atoms with Gasteiger partial charge in [-0.3, -0.25) is 9.59 Å². The second-order valence-corrected chi connectivity index (χ2v) is 5.48. The highest BCUT2D eigenvalue weighted by Crippen LogP contribution is 2.22. The van der Waals surface area contributed by atoms with Crippen molar-refractivity contribution in [1.29, 1.82) is 0 Å². The van der Waals surface area contributed by atoms with Gasteiger partial charge in [-0.2, -0.15) is 0 Å². The molecule has 152 valence electrons. The van der Waals surface area contributed by atoms with Crippen molar-refractivity contribution < 1.29 is 60.0 Å². The Morgan fingerprint density at radius 3 is 2.00 bits per heavy atom. The van der Waals surface area contributed by atoms with Crippen LogP contribution in [0.2, 0.25) is 0 Å². The monoisotopic (exact) mass is 386 g/mol. The van der Waals surface area contributed by atoms with Gasteiger partial charge in [-0.15, -0.1) is 0 Å². The number of hydroxylamine groups is 4. The van der Waals surface area contributed by atoms with E-state index in [2.05, 4.69) is 0 Å². The highest BCUT2D eigenvalue weighted by atomic mass is 16.8. The normalized spacial score (nSPS) is 31.1. The summed E-state index contributed by atoms with van der Waals surface area (Å²) in [4.78, 5) is 22.9.